The summed E-state index contributed by atoms with van der Waals surface area (Å²) in [5.41, 5.74) is 1.99. The van der Waals surface area contributed by atoms with E-state index in [-0.39, 0.29) is 0 Å². The van der Waals surface area contributed by atoms with Crippen LogP contribution in [0.2, 0.25) is 0 Å². The predicted molar refractivity (Wildman–Crippen MR) is 51.2 cm³/mol. The van der Waals surface area contributed by atoms with Crippen molar-refractivity contribution in [1.29, 1.82) is 0 Å². The van der Waals surface area contributed by atoms with Gasteiger partial charge in [0.1, 0.15) is 11.5 Å². The molecule has 68 valence electrons. The Hall–Kier alpha value is -1.44. The number of benzene rings is 1. The van der Waals surface area contributed by atoms with Gasteiger partial charge in [0.25, 0.3) is 0 Å². The fourth-order valence-electron chi connectivity index (χ4n) is 1.61. The summed E-state index contributed by atoms with van der Waals surface area (Å²) >= 11 is 0. The first kappa shape index (κ1) is 8.17. The van der Waals surface area contributed by atoms with Crippen molar-refractivity contribution in [1.82, 2.24) is 0 Å². The van der Waals surface area contributed by atoms with Gasteiger partial charge in [0.05, 0.1) is 6.61 Å². The van der Waals surface area contributed by atoms with E-state index in [9.17, 15) is 5.11 Å². The van der Waals surface area contributed by atoms with Crippen LogP contribution < -0.4 is 4.74 Å². The first-order valence-electron chi connectivity index (χ1n) is 4.39. The third kappa shape index (κ3) is 1.39. The van der Waals surface area contributed by atoms with Gasteiger partial charge in [-0.15, -0.1) is 6.58 Å². The van der Waals surface area contributed by atoms with E-state index >= 15 is 0 Å². The van der Waals surface area contributed by atoms with Gasteiger partial charge < -0.3 is 9.84 Å². The van der Waals surface area contributed by atoms with Crippen LogP contribution in [0.1, 0.15) is 11.1 Å². The summed E-state index contributed by atoms with van der Waals surface area (Å²) in [5.74, 6) is 1.18. The van der Waals surface area contributed by atoms with E-state index in [2.05, 4.69) is 6.58 Å². The average molecular weight is 176 g/mol. The molecule has 0 aromatic heterocycles. The number of phenols is 1. The average Bonchev–Trinajstić information content (AvgIpc) is 2.53. The molecule has 0 saturated carbocycles. The van der Waals surface area contributed by atoms with Crippen LogP contribution in [0.4, 0.5) is 0 Å². The fraction of sp³-hybridized carbons (Fsp3) is 0.273. The fourth-order valence-corrected chi connectivity index (χ4v) is 1.61. The molecule has 2 rings (SSSR count). The second kappa shape index (κ2) is 3.13. The number of aromatic hydroxyl groups is 1. The molecule has 0 bridgehead atoms. The maximum Gasteiger partial charge on any atom is 0.126 e. The summed E-state index contributed by atoms with van der Waals surface area (Å²) in [5, 5.41) is 9.62. The van der Waals surface area contributed by atoms with E-state index in [0.717, 1.165) is 29.7 Å². The lowest BCUT2D eigenvalue weighted by Gasteiger charge is -2.04. The Balaban J connectivity index is 2.43. The molecule has 0 atom stereocenters. The number of rotatable bonds is 2. The molecule has 2 nitrogen and oxygen atoms in total. The topological polar surface area (TPSA) is 29.5 Å². The quantitative estimate of drug-likeness (QED) is 0.699. The zero-order valence-corrected chi connectivity index (χ0v) is 7.42. The van der Waals surface area contributed by atoms with E-state index in [0.29, 0.717) is 12.4 Å². The molecule has 1 N–H and O–H groups in total. The molecule has 0 aliphatic carbocycles. The SMILES string of the molecule is C=CCc1cc(O)c2c(c1)OCC2. The maximum absolute atomic E-state index is 9.62. The Labute approximate surface area is 77.5 Å². The molecule has 0 unspecified atom stereocenters. The Bertz CT molecular complexity index is 342. The van der Waals surface area contributed by atoms with Crippen molar-refractivity contribution in [2.75, 3.05) is 6.61 Å². The second-order valence-electron chi connectivity index (χ2n) is 3.18. The molecule has 1 aromatic carbocycles. The van der Waals surface area contributed by atoms with Crippen LogP contribution in [0.5, 0.6) is 11.5 Å². The summed E-state index contributed by atoms with van der Waals surface area (Å²) in [4.78, 5) is 0. The highest BCUT2D eigenvalue weighted by Crippen LogP contribution is 2.34. The molecule has 2 heteroatoms. The summed E-state index contributed by atoms with van der Waals surface area (Å²) in [6.45, 7) is 4.34. The number of fused-ring (bicyclic) bond motifs is 1. The number of hydrogen-bond donors (Lipinski definition) is 1. The molecule has 0 fully saturated rings. The van der Waals surface area contributed by atoms with Crippen molar-refractivity contribution in [3.05, 3.63) is 35.9 Å². The number of allylic oxidation sites excluding steroid dienone is 1. The van der Waals surface area contributed by atoms with Gasteiger partial charge in [0.15, 0.2) is 0 Å². The Kier molecular flexibility index (Phi) is 1.97. The van der Waals surface area contributed by atoms with E-state index in [1.807, 2.05) is 12.1 Å². The minimum Gasteiger partial charge on any atom is -0.508 e. The lowest BCUT2D eigenvalue weighted by Crippen LogP contribution is -1.86. The zero-order valence-electron chi connectivity index (χ0n) is 7.42. The Morgan fingerprint density at radius 2 is 2.38 bits per heavy atom. The number of phenolic OH excluding ortho intramolecular Hbond substituents is 1. The first-order valence-corrected chi connectivity index (χ1v) is 4.39. The van der Waals surface area contributed by atoms with Crippen LogP contribution in [0.15, 0.2) is 24.8 Å². The zero-order chi connectivity index (χ0) is 9.26. The molecular weight excluding hydrogens is 164 g/mol. The minimum absolute atomic E-state index is 0.354. The van der Waals surface area contributed by atoms with Gasteiger partial charge in [0.2, 0.25) is 0 Å². The van der Waals surface area contributed by atoms with Crippen molar-refractivity contribution in [3.8, 4) is 11.5 Å². The van der Waals surface area contributed by atoms with Crippen molar-refractivity contribution in [3.63, 3.8) is 0 Å². The van der Waals surface area contributed by atoms with Gasteiger partial charge in [-0.3, -0.25) is 0 Å². The van der Waals surface area contributed by atoms with Crippen LogP contribution >= 0.6 is 0 Å². The first-order chi connectivity index (χ1) is 6.31. The highest BCUT2D eigenvalue weighted by Gasteiger charge is 2.16. The number of ether oxygens (including phenoxy) is 1. The van der Waals surface area contributed by atoms with Crippen LogP contribution in [-0.4, -0.2) is 11.7 Å². The van der Waals surface area contributed by atoms with Crippen molar-refractivity contribution in [2.45, 2.75) is 12.8 Å². The molecule has 0 amide bonds. The van der Waals surface area contributed by atoms with Gasteiger partial charge in [-0.1, -0.05) is 6.08 Å². The highest BCUT2D eigenvalue weighted by atomic mass is 16.5. The molecular formula is C11H12O2. The standard InChI is InChI=1S/C11H12O2/c1-2-3-8-6-10(12)9-4-5-13-11(9)7-8/h2,6-7,12H,1,3-5H2. The molecule has 1 heterocycles. The Morgan fingerprint density at radius 3 is 3.15 bits per heavy atom. The highest BCUT2D eigenvalue weighted by molar-refractivity contribution is 5.49. The smallest absolute Gasteiger partial charge is 0.126 e. The van der Waals surface area contributed by atoms with E-state index in [1.54, 1.807) is 6.07 Å². The van der Waals surface area contributed by atoms with Gasteiger partial charge >= 0.3 is 0 Å². The van der Waals surface area contributed by atoms with Gasteiger partial charge in [-0.2, -0.15) is 0 Å². The van der Waals surface area contributed by atoms with Crippen LogP contribution in [0, 0.1) is 0 Å². The molecule has 0 spiro atoms. The monoisotopic (exact) mass is 176 g/mol. The molecule has 0 saturated heterocycles. The van der Waals surface area contributed by atoms with Gasteiger partial charge in [-0.05, 0) is 24.1 Å². The molecule has 1 aliphatic rings. The van der Waals surface area contributed by atoms with E-state index in [4.69, 9.17) is 4.74 Å². The van der Waals surface area contributed by atoms with Crippen LogP contribution in [0.3, 0.4) is 0 Å². The van der Waals surface area contributed by atoms with Crippen LogP contribution in [-0.2, 0) is 12.8 Å². The summed E-state index contributed by atoms with van der Waals surface area (Å²) in [6.07, 6.45) is 3.40. The molecule has 1 aromatic rings. The van der Waals surface area contributed by atoms with Gasteiger partial charge in [0, 0.05) is 12.0 Å². The second-order valence-corrected chi connectivity index (χ2v) is 3.18. The van der Waals surface area contributed by atoms with Crippen molar-refractivity contribution in [2.24, 2.45) is 0 Å². The molecule has 13 heavy (non-hydrogen) atoms. The summed E-state index contributed by atoms with van der Waals surface area (Å²) < 4.78 is 5.37. The molecule has 0 radical (unpaired) electrons. The van der Waals surface area contributed by atoms with Crippen molar-refractivity contribution >= 4 is 0 Å². The normalized spacial score (nSPS) is 13.5. The third-order valence-electron chi connectivity index (χ3n) is 2.23. The third-order valence-corrected chi connectivity index (χ3v) is 2.23. The summed E-state index contributed by atoms with van der Waals surface area (Å²) in [6, 6.07) is 3.76. The maximum atomic E-state index is 9.62. The largest absolute Gasteiger partial charge is 0.508 e. The lowest BCUT2D eigenvalue weighted by molar-refractivity contribution is 0.356. The minimum atomic E-state index is 0.354. The number of hydrogen-bond acceptors (Lipinski definition) is 2. The lowest BCUT2D eigenvalue weighted by atomic mass is 10.1. The predicted octanol–water partition coefficient (Wildman–Crippen LogP) is 2.06. The van der Waals surface area contributed by atoms with Gasteiger partial charge in [-0.25, -0.2) is 0 Å². The van der Waals surface area contributed by atoms with Crippen LogP contribution in [0.25, 0.3) is 0 Å². The Morgan fingerprint density at radius 1 is 1.54 bits per heavy atom. The van der Waals surface area contributed by atoms with E-state index in [1.165, 1.54) is 0 Å². The molecule has 1 aliphatic heterocycles. The summed E-state index contributed by atoms with van der Waals surface area (Å²) in [7, 11) is 0. The van der Waals surface area contributed by atoms with E-state index < -0.39 is 0 Å². The van der Waals surface area contributed by atoms with Crippen molar-refractivity contribution < 1.29 is 9.84 Å².